The summed E-state index contributed by atoms with van der Waals surface area (Å²) < 4.78 is 31.0. The van der Waals surface area contributed by atoms with E-state index in [0.29, 0.717) is 12.0 Å². The summed E-state index contributed by atoms with van der Waals surface area (Å²) in [5.41, 5.74) is 0.923. The van der Waals surface area contributed by atoms with Gasteiger partial charge in [0.2, 0.25) is 5.09 Å². The van der Waals surface area contributed by atoms with Crippen molar-refractivity contribution in [2.45, 2.75) is 11.5 Å². The highest BCUT2D eigenvalue weighted by molar-refractivity contribution is 7.92. The van der Waals surface area contributed by atoms with Crippen LogP contribution in [0, 0.1) is 0 Å². The fourth-order valence-electron chi connectivity index (χ4n) is 2.35. The predicted molar refractivity (Wildman–Crippen MR) is 70.3 cm³/mol. The Kier molecular flexibility index (Phi) is 2.79. The molecule has 7 heteroatoms. The van der Waals surface area contributed by atoms with Crippen molar-refractivity contribution in [3.05, 3.63) is 47.7 Å². The van der Waals surface area contributed by atoms with Gasteiger partial charge in [0.1, 0.15) is 0 Å². The van der Waals surface area contributed by atoms with Gasteiger partial charge in [0.25, 0.3) is 10.0 Å². The Morgan fingerprint density at radius 3 is 2.70 bits per heavy atom. The molecule has 0 atom stereocenters. The van der Waals surface area contributed by atoms with Crippen LogP contribution in [-0.4, -0.2) is 26.0 Å². The number of aromatic carboxylic acids is 1. The van der Waals surface area contributed by atoms with Crippen LogP contribution in [0.15, 0.2) is 46.1 Å². The zero-order chi connectivity index (χ0) is 14.3. The van der Waals surface area contributed by atoms with Crippen LogP contribution >= 0.6 is 0 Å². The Balaban J connectivity index is 2.17. The molecule has 20 heavy (non-hydrogen) atoms. The lowest BCUT2D eigenvalue weighted by molar-refractivity contribution is 0.0698. The highest BCUT2D eigenvalue weighted by atomic mass is 32.2. The summed E-state index contributed by atoms with van der Waals surface area (Å²) in [4.78, 5) is 11.3. The Hall–Kier alpha value is -2.28. The van der Waals surface area contributed by atoms with Crippen LogP contribution in [0.5, 0.6) is 0 Å². The van der Waals surface area contributed by atoms with Gasteiger partial charge in [0.05, 0.1) is 17.5 Å². The molecular formula is C13H11NO5S. The van der Waals surface area contributed by atoms with E-state index >= 15 is 0 Å². The van der Waals surface area contributed by atoms with Crippen molar-refractivity contribution in [1.29, 1.82) is 0 Å². The minimum Gasteiger partial charge on any atom is -0.478 e. The number of hydrogen-bond acceptors (Lipinski definition) is 4. The number of rotatable bonds is 3. The Morgan fingerprint density at radius 2 is 2.05 bits per heavy atom. The zero-order valence-corrected chi connectivity index (χ0v) is 11.1. The number of nitrogens with zero attached hydrogens (tertiary/aromatic N) is 1. The van der Waals surface area contributed by atoms with Crippen LogP contribution in [-0.2, 0) is 16.4 Å². The molecule has 0 unspecified atom stereocenters. The molecule has 1 aliphatic heterocycles. The number of carbonyl (C=O) groups is 1. The quantitative estimate of drug-likeness (QED) is 0.931. The Morgan fingerprint density at radius 1 is 1.25 bits per heavy atom. The molecule has 1 aliphatic rings. The SMILES string of the molecule is O=C(O)c1cccc2c1N(S(=O)(=O)c1ccco1)CC2. The number of hydrogen-bond donors (Lipinski definition) is 1. The minimum absolute atomic E-state index is 0.0184. The van der Waals surface area contributed by atoms with Crippen LogP contribution in [0.4, 0.5) is 5.69 Å². The highest BCUT2D eigenvalue weighted by Crippen LogP contribution is 2.36. The number of para-hydroxylation sites is 1. The van der Waals surface area contributed by atoms with Gasteiger partial charge in [-0.1, -0.05) is 12.1 Å². The molecule has 0 aliphatic carbocycles. The van der Waals surface area contributed by atoms with Gasteiger partial charge in [0.15, 0.2) is 0 Å². The monoisotopic (exact) mass is 293 g/mol. The molecule has 6 nitrogen and oxygen atoms in total. The van der Waals surface area contributed by atoms with Gasteiger partial charge >= 0.3 is 5.97 Å². The molecule has 0 saturated carbocycles. The van der Waals surface area contributed by atoms with Crippen molar-refractivity contribution in [1.82, 2.24) is 0 Å². The summed E-state index contributed by atoms with van der Waals surface area (Å²) in [6, 6.07) is 7.57. The van der Waals surface area contributed by atoms with Crippen LogP contribution in [0.2, 0.25) is 0 Å². The summed E-state index contributed by atoms with van der Waals surface area (Å²) in [6.45, 7) is 0.211. The highest BCUT2D eigenvalue weighted by Gasteiger charge is 2.35. The van der Waals surface area contributed by atoms with Crippen molar-refractivity contribution in [2.75, 3.05) is 10.8 Å². The molecule has 2 heterocycles. The maximum absolute atomic E-state index is 12.5. The van der Waals surface area contributed by atoms with Crippen LogP contribution in [0.3, 0.4) is 0 Å². The maximum Gasteiger partial charge on any atom is 0.337 e. The van der Waals surface area contributed by atoms with Gasteiger partial charge in [-0.3, -0.25) is 4.31 Å². The van der Waals surface area contributed by atoms with Gasteiger partial charge in [-0.05, 0) is 30.2 Å². The molecule has 1 aromatic carbocycles. The van der Waals surface area contributed by atoms with Crippen LogP contribution < -0.4 is 4.31 Å². The fraction of sp³-hybridized carbons (Fsp3) is 0.154. The van der Waals surface area contributed by atoms with E-state index in [1.54, 1.807) is 12.1 Å². The lowest BCUT2D eigenvalue weighted by Crippen LogP contribution is -2.30. The second-order valence-electron chi connectivity index (χ2n) is 4.38. The molecule has 1 N–H and O–H groups in total. The molecule has 3 rings (SSSR count). The smallest absolute Gasteiger partial charge is 0.337 e. The summed E-state index contributed by atoms with van der Waals surface area (Å²) in [7, 11) is -3.86. The van der Waals surface area contributed by atoms with Crippen molar-refractivity contribution in [2.24, 2.45) is 0 Å². The number of benzene rings is 1. The first-order valence-corrected chi connectivity index (χ1v) is 7.37. The van der Waals surface area contributed by atoms with E-state index in [2.05, 4.69) is 0 Å². The molecule has 0 fully saturated rings. The second kappa shape index (κ2) is 4.38. The first kappa shape index (κ1) is 12.7. The third kappa shape index (κ3) is 1.78. The summed E-state index contributed by atoms with van der Waals surface area (Å²) in [6.07, 6.45) is 1.75. The van der Waals surface area contributed by atoms with Crippen molar-refractivity contribution in [3.63, 3.8) is 0 Å². The number of carboxylic acid groups (broad SMARTS) is 1. The molecule has 104 valence electrons. The molecule has 0 amide bonds. The maximum atomic E-state index is 12.5. The van der Waals surface area contributed by atoms with E-state index in [1.165, 1.54) is 24.5 Å². The first-order chi connectivity index (χ1) is 9.51. The average Bonchev–Trinajstić information content (AvgIpc) is 3.07. The Bertz CT molecular complexity index is 764. The normalized spacial score (nSPS) is 14.3. The van der Waals surface area contributed by atoms with Gasteiger partial charge in [-0.15, -0.1) is 0 Å². The first-order valence-electron chi connectivity index (χ1n) is 5.93. The van der Waals surface area contributed by atoms with Crippen molar-refractivity contribution in [3.8, 4) is 0 Å². The van der Waals surface area contributed by atoms with Gasteiger partial charge in [-0.2, -0.15) is 8.42 Å². The largest absolute Gasteiger partial charge is 0.478 e. The molecule has 0 radical (unpaired) electrons. The second-order valence-corrected chi connectivity index (χ2v) is 6.17. The Labute approximate surface area is 115 Å². The van der Waals surface area contributed by atoms with E-state index in [0.717, 1.165) is 4.31 Å². The van der Waals surface area contributed by atoms with Crippen LogP contribution in [0.25, 0.3) is 0 Å². The number of sulfonamides is 1. The molecule has 0 bridgehead atoms. The average molecular weight is 293 g/mol. The topological polar surface area (TPSA) is 87.8 Å². The molecule has 2 aromatic rings. The lowest BCUT2D eigenvalue weighted by atomic mass is 10.1. The van der Waals surface area contributed by atoms with Gasteiger partial charge in [-0.25, -0.2) is 4.79 Å². The van der Waals surface area contributed by atoms with E-state index in [-0.39, 0.29) is 22.9 Å². The molecule has 0 saturated heterocycles. The van der Waals surface area contributed by atoms with Gasteiger partial charge < -0.3 is 9.52 Å². The summed E-state index contributed by atoms with van der Waals surface area (Å²) in [5, 5.41) is 9.03. The third-order valence-corrected chi connectivity index (χ3v) is 4.91. The summed E-state index contributed by atoms with van der Waals surface area (Å²) >= 11 is 0. The number of carboxylic acids is 1. The summed E-state index contributed by atoms with van der Waals surface area (Å²) in [5.74, 6) is -1.15. The molecule has 1 aromatic heterocycles. The predicted octanol–water partition coefficient (Wildman–Crippen LogP) is 1.73. The van der Waals surface area contributed by atoms with Crippen molar-refractivity contribution < 1.29 is 22.7 Å². The minimum atomic E-state index is -3.86. The molecular weight excluding hydrogens is 282 g/mol. The van der Waals surface area contributed by atoms with E-state index in [1.807, 2.05) is 0 Å². The van der Waals surface area contributed by atoms with E-state index in [9.17, 15) is 18.3 Å². The van der Waals surface area contributed by atoms with Gasteiger partial charge in [0, 0.05) is 6.54 Å². The fourth-order valence-corrected chi connectivity index (χ4v) is 3.79. The molecule has 0 spiro atoms. The zero-order valence-electron chi connectivity index (χ0n) is 10.3. The standard InChI is InChI=1S/C13H11NO5S/c15-13(16)10-4-1-3-9-6-7-14(12(9)10)20(17,18)11-5-2-8-19-11/h1-5,8H,6-7H2,(H,15,16). The number of anilines is 1. The van der Waals surface area contributed by atoms with E-state index < -0.39 is 16.0 Å². The third-order valence-electron chi connectivity index (χ3n) is 3.22. The van der Waals surface area contributed by atoms with Crippen LogP contribution in [0.1, 0.15) is 15.9 Å². The number of furan rings is 1. The van der Waals surface area contributed by atoms with E-state index in [4.69, 9.17) is 4.42 Å². The number of fused-ring (bicyclic) bond motifs is 1. The van der Waals surface area contributed by atoms with Crippen molar-refractivity contribution >= 4 is 21.7 Å². The lowest BCUT2D eigenvalue weighted by Gasteiger charge is -2.19.